The molecule has 0 aliphatic heterocycles. The van der Waals surface area contributed by atoms with Crippen LogP contribution in [0.15, 0.2) is 53.0 Å². The van der Waals surface area contributed by atoms with E-state index < -0.39 is 0 Å². The van der Waals surface area contributed by atoms with Gasteiger partial charge in [-0.15, -0.1) is 0 Å². The van der Waals surface area contributed by atoms with Gasteiger partial charge in [-0.2, -0.15) is 0 Å². The van der Waals surface area contributed by atoms with Crippen LogP contribution in [0, 0.1) is 6.92 Å². The molecule has 2 aromatic rings. The van der Waals surface area contributed by atoms with Crippen LogP contribution in [-0.2, 0) is 16.9 Å². The predicted octanol–water partition coefficient (Wildman–Crippen LogP) is 4.96. The summed E-state index contributed by atoms with van der Waals surface area (Å²) in [6, 6.07) is 16.9. The van der Waals surface area contributed by atoms with Crippen molar-refractivity contribution in [3.63, 3.8) is 0 Å². The molecule has 3 rings (SSSR count). The first kappa shape index (κ1) is 12.9. The highest BCUT2D eigenvalue weighted by atomic mass is 79.9. The van der Waals surface area contributed by atoms with Crippen LogP contribution in [0.4, 0.5) is 0 Å². The Bertz CT molecular complexity index is 573. The third-order valence-corrected chi connectivity index (χ3v) is 4.23. The molecule has 0 heterocycles. The van der Waals surface area contributed by atoms with E-state index in [9.17, 15) is 0 Å². The summed E-state index contributed by atoms with van der Waals surface area (Å²) < 4.78 is 7.35. The van der Waals surface area contributed by atoms with Crippen LogP contribution in [0.3, 0.4) is 0 Å². The average molecular weight is 317 g/mol. The van der Waals surface area contributed by atoms with Crippen LogP contribution in [0.1, 0.15) is 29.5 Å². The smallest absolute Gasteiger partial charge is 0.0940 e. The van der Waals surface area contributed by atoms with E-state index in [4.69, 9.17) is 4.74 Å². The first-order valence-electron chi connectivity index (χ1n) is 6.64. The second kappa shape index (κ2) is 5.10. The molecule has 1 aliphatic rings. The second-order valence-electron chi connectivity index (χ2n) is 5.23. The van der Waals surface area contributed by atoms with Crippen molar-refractivity contribution < 1.29 is 4.74 Å². The molecule has 1 saturated carbocycles. The summed E-state index contributed by atoms with van der Waals surface area (Å²) in [5.41, 5.74) is 3.84. The van der Waals surface area contributed by atoms with Gasteiger partial charge in [-0.25, -0.2) is 0 Å². The van der Waals surface area contributed by atoms with Crippen molar-refractivity contribution in [1.29, 1.82) is 0 Å². The molecular formula is C17H17BrO. The highest BCUT2D eigenvalue weighted by Gasteiger charge is 2.46. The van der Waals surface area contributed by atoms with Gasteiger partial charge in [0, 0.05) is 4.47 Å². The van der Waals surface area contributed by atoms with E-state index in [1.54, 1.807) is 0 Å². The Hall–Kier alpha value is -1.12. The van der Waals surface area contributed by atoms with Crippen LogP contribution < -0.4 is 0 Å². The standard InChI is InChI=1S/C17H17BrO/c1-13-11-15(18)7-8-16(13)17(9-10-17)19-12-14-5-3-2-4-6-14/h2-8,11H,9-10,12H2,1H3. The highest BCUT2D eigenvalue weighted by Crippen LogP contribution is 2.51. The number of hydrogen-bond acceptors (Lipinski definition) is 1. The molecule has 0 atom stereocenters. The number of rotatable bonds is 4. The first-order chi connectivity index (χ1) is 9.20. The van der Waals surface area contributed by atoms with Gasteiger partial charge in [0.1, 0.15) is 0 Å². The maximum absolute atomic E-state index is 6.22. The number of benzene rings is 2. The zero-order valence-electron chi connectivity index (χ0n) is 11.0. The van der Waals surface area contributed by atoms with Crippen LogP contribution in [0.2, 0.25) is 0 Å². The van der Waals surface area contributed by atoms with Crippen LogP contribution in [0.5, 0.6) is 0 Å². The zero-order valence-corrected chi connectivity index (χ0v) is 12.6. The molecule has 1 aliphatic carbocycles. The molecule has 0 spiro atoms. The van der Waals surface area contributed by atoms with E-state index >= 15 is 0 Å². The molecule has 0 aromatic heterocycles. The Morgan fingerprint density at radius 3 is 2.47 bits per heavy atom. The van der Waals surface area contributed by atoms with E-state index in [-0.39, 0.29) is 5.60 Å². The monoisotopic (exact) mass is 316 g/mol. The van der Waals surface area contributed by atoms with E-state index in [2.05, 4.69) is 65.3 Å². The molecule has 0 bridgehead atoms. The Morgan fingerprint density at radius 1 is 1.11 bits per heavy atom. The SMILES string of the molecule is Cc1cc(Br)ccc1C1(OCc2ccccc2)CC1. The summed E-state index contributed by atoms with van der Waals surface area (Å²) in [6.07, 6.45) is 2.25. The fraction of sp³-hybridized carbons (Fsp3) is 0.294. The van der Waals surface area contributed by atoms with E-state index in [0.29, 0.717) is 6.61 Å². The Balaban J connectivity index is 1.76. The topological polar surface area (TPSA) is 9.23 Å². The quantitative estimate of drug-likeness (QED) is 0.774. The van der Waals surface area contributed by atoms with E-state index in [1.165, 1.54) is 16.7 Å². The normalized spacial score (nSPS) is 16.3. The van der Waals surface area contributed by atoms with E-state index in [0.717, 1.165) is 17.3 Å². The summed E-state index contributed by atoms with van der Waals surface area (Å²) in [4.78, 5) is 0. The Labute approximate surface area is 122 Å². The number of halogens is 1. The van der Waals surface area contributed by atoms with Crippen molar-refractivity contribution in [2.75, 3.05) is 0 Å². The molecule has 0 N–H and O–H groups in total. The summed E-state index contributed by atoms with van der Waals surface area (Å²) in [5, 5.41) is 0. The summed E-state index contributed by atoms with van der Waals surface area (Å²) >= 11 is 3.52. The molecule has 1 nitrogen and oxygen atoms in total. The summed E-state index contributed by atoms with van der Waals surface area (Å²) in [7, 11) is 0. The maximum Gasteiger partial charge on any atom is 0.0940 e. The van der Waals surface area contributed by atoms with Gasteiger partial charge in [0.25, 0.3) is 0 Å². The second-order valence-corrected chi connectivity index (χ2v) is 6.14. The number of hydrogen-bond donors (Lipinski definition) is 0. The third kappa shape index (κ3) is 2.75. The molecule has 0 unspecified atom stereocenters. The van der Waals surface area contributed by atoms with Gasteiger partial charge in [-0.1, -0.05) is 52.3 Å². The largest absolute Gasteiger partial charge is 0.366 e. The van der Waals surface area contributed by atoms with Gasteiger partial charge in [0.2, 0.25) is 0 Å². The lowest BCUT2D eigenvalue weighted by molar-refractivity contribution is 0.0167. The lowest BCUT2D eigenvalue weighted by Gasteiger charge is -2.19. The summed E-state index contributed by atoms with van der Waals surface area (Å²) in [6.45, 7) is 2.85. The molecule has 2 heteroatoms. The minimum atomic E-state index is -0.0410. The van der Waals surface area contributed by atoms with Crippen molar-refractivity contribution in [1.82, 2.24) is 0 Å². The van der Waals surface area contributed by atoms with Crippen LogP contribution in [-0.4, -0.2) is 0 Å². The maximum atomic E-state index is 6.22. The first-order valence-corrected chi connectivity index (χ1v) is 7.43. The van der Waals surface area contributed by atoms with Crippen molar-refractivity contribution in [2.45, 2.75) is 32.0 Å². The molecule has 19 heavy (non-hydrogen) atoms. The van der Waals surface area contributed by atoms with Gasteiger partial charge in [-0.05, 0) is 48.6 Å². The third-order valence-electron chi connectivity index (χ3n) is 3.74. The van der Waals surface area contributed by atoms with Gasteiger partial charge >= 0.3 is 0 Å². The fourth-order valence-electron chi connectivity index (χ4n) is 2.54. The van der Waals surface area contributed by atoms with Crippen molar-refractivity contribution in [2.24, 2.45) is 0 Å². The fourth-order valence-corrected chi connectivity index (χ4v) is 3.01. The number of ether oxygens (including phenoxy) is 1. The molecule has 2 aromatic carbocycles. The van der Waals surface area contributed by atoms with Gasteiger partial charge in [0.15, 0.2) is 0 Å². The minimum Gasteiger partial charge on any atom is -0.366 e. The molecule has 0 amide bonds. The highest BCUT2D eigenvalue weighted by molar-refractivity contribution is 9.10. The van der Waals surface area contributed by atoms with Crippen LogP contribution >= 0.6 is 15.9 Å². The minimum absolute atomic E-state index is 0.0410. The van der Waals surface area contributed by atoms with Crippen molar-refractivity contribution in [3.8, 4) is 0 Å². The van der Waals surface area contributed by atoms with Crippen molar-refractivity contribution >= 4 is 15.9 Å². The van der Waals surface area contributed by atoms with Gasteiger partial charge < -0.3 is 4.74 Å². The molecule has 1 fully saturated rings. The summed E-state index contributed by atoms with van der Waals surface area (Å²) in [5.74, 6) is 0. The Morgan fingerprint density at radius 2 is 1.84 bits per heavy atom. The lowest BCUT2D eigenvalue weighted by Crippen LogP contribution is -2.13. The Kier molecular flexibility index (Phi) is 3.46. The molecule has 0 radical (unpaired) electrons. The van der Waals surface area contributed by atoms with Gasteiger partial charge in [-0.3, -0.25) is 0 Å². The molecular weight excluding hydrogens is 300 g/mol. The molecule has 0 saturated heterocycles. The number of aryl methyl sites for hydroxylation is 1. The van der Waals surface area contributed by atoms with Crippen molar-refractivity contribution in [3.05, 3.63) is 69.7 Å². The zero-order chi connectivity index (χ0) is 13.3. The van der Waals surface area contributed by atoms with Crippen LogP contribution in [0.25, 0.3) is 0 Å². The predicted molar refractivity (Wildman–Crippen MR) is 81.0 cm³/mol. The lowest BCUT2D eigenvalue weighted by atomic mass is 10.0. The molecule has 98 valence electrons. The average Bonchev–Trinajstić information content (AvgIpc) is 3.19. The van der Waals surface area contributed by atoms with E-state index in [1.807, 2.05) is 6.07 Å². The van der Waals surface area contributed by atoms with Gasteiger partial charge in [0.05, 0.1) is 12.2 Å².